The average molecular weight is 505 g/mol. The van der Waals surface area contributed by atoms with E-state index in [0.29, 0.717) is 38.4 Å². The molecule has 0 aliphatic carbocycles. The van der Waals surface area contributed by atoms with Crippen LogP contribution in [0.4, 0.5) is 9.52 Å². The number of aliphatic hydroxyl groups is 1. The molecule has 1 aromatic heterocycles. The zero-order valence-corrected chi connectivity index (χ0v) is 20.4. The molecule has 1 aliphatic rings. The van der Waals surface area contributed by atoms with Gasteiger partial charge >= 0.3 is 5.91 Å². The van der Waals surface area contributed by atoms with Gasteiger partial charge in [0.15, 0.2) is 5.13 Å². The van der Waals surface area contributed by atoms with Crippen molar-refractivity contribution in [3.63, 3.8) is 0 Å². The lowest BCUT2D eigenvalue weighted by atomic mass is 9.94. The van der Waals surface area contributed by atoms with E-state index in [0.717, 1.165) is 11.3 Å². The van der Waals surface area contributed by atoms with Gasteiger partial charge in [-0.2, -0.15) is 0 Å². The Kier molecular flexibility index (Phi) is 5.93. The number of methoxy groups -OCH3 is 2. The number of fused-ring (bicyclic) bond motifs is 1. The van der Waals surface area contributed by atoms with E-state index in [9.17, 15) is 19.1 Å². The van der Waals surface area contributed by atoms with E-state index in [-0.39, 0.29) is 16.5 Å². The monoisotopic (exact) mass is 504 g/mol. The highest BCUT2D eigenvalue weighted by molar-refractivity contribution is 7.22. The first-order chi connectivity index (χ1) is 17.3. The number of Topliss-reactive ketones (excluding diaryl/α,β-unsaturated/α-hetero) is 1. The van der Waals surface area contributed by atoms with Gasteiger partial charge in [0, 0.05) is 5.56 Å². The summed E-state index contributed by atoms with van der Waals surface area (Å²) >= 11 is 1.09. The van der Waals surface area contributed by atoms with E-state index >= 15 is 0 Å². The number of carbonyl (C=O) groups excluding carboxylic acids is 2. The minimum Gasteiger partial charge on any atom is -0.507 e. The largest absolute Gasteiger partial charge is 0.507 e. The summed E-state index contributed by atoms with van der Waals surface area (Å²) in [6, 6.07) is 15.1. The molecule has 5 rings (SSSR count). The maximum Gasteiger partial charge on any atom is 0.301 e. The summed E-state index contributed by atoms with van der Waals surface area (Å²) in [5.41, 5.74) is 2.03. The van der Waals surface area contributed by atoms with Gasteiger partial charge in [0.05, 0.1) is 36.1 Å². The van der Waals surface area contributed by atoms with E-state index < -0.39 is 23.5 Å². The van der Waals surface area contributed by atoms with Gasteiger partial charge in [-0.15, -0.1) is 0 Å². The summed E-state index contributed by atoms with van der Waals surface area (Å²) in [6.45, 7) is 1.77. The number of hydrogen-bond acceptors (Lipinski definition) is 7. The fraction of sp³-hybridized carbons (Fsp3) is 0.148. The molecule has 182 valence electrons. The molecule has 1 fully saturated rings. The predicted octanol–water partition coefficient (Wildman–Crippen LogP) is 5.39. The van der Waals surface area contributed by atoms with Crippen molar-refractivity contribution < 1.29 is 28.6 Å². The number of ketones is 1. The van der Waals surface area contributed by atoms with Gasteiger partial charge in [-0.25, -0.2) is 9.37 Å². The smallest absolute Gasteiger partial charge is 0.301 e. The molecule has 0 bridgehead atoms. The highest BCUT2D eigenvalue weighted by Crippen LogP contribution is 2.45. The van der Waals surface area contributed by atoms with Crippen LogP contribution in [0.2, 0.25) is 0 Å². The number of aromatic nitrogens is 1. The second-order valence-electron chi connectivity index (χ2n) is 8.24. The first-order valence-electron chi connectivity index (χ1n) is 11.0. The van der Waals surface area contributed by atoms with E-state index in [1.54, 1.807) is 49.4 Å². The zero-order chi connectivity index (χ0) is 25.6. The number of halogens is 1. The fourth-order valence-electron chi connectivity index (χ4n) is 4.32. The number of rotatable bonds is 5. The van der Waals surface area contributed by atoms with Crippen LogP contribution in [0.5, 0.6) is 11.5 Å². The first kappa shape index (κ1) is 23.5. The number of ether oxygens (including phenoxy) is 2. The minimum absolute atomic E-state index is 0.0769. The molecule has 0 saturated carbocycles. The number of carbonyl (C=O) groups is 2. The predicted molar refractivity (Wildman–Crippen MR) is 135 cm³/mol. The van der Waals surface area contributed by atoms with Gasteiger partial charge < -0.3 is 14.6 Å². The normalized spacial score (nSPS) is 17.1. The molecule has 1 saturated heterocycles. The summed E-state index contributed by atoms with van der Waals surface area (Å²) in [7, 11) is 3.05. The minimum atomic E-state index is -0.980. The molecule has 9 heteroatoms. The molecule has 1 aliphatic heterocycles. The van der Waals surface area contributed by atoms with Crippen molar-refractivity contribution >= 4 is 44.1 Å². The van der Waals surface area contributed by atoms with Crippen LogP contribution in [0.25, 0.3) is 16.0 Å². The van der Waals surface area contributed by atoms with Crippen LogP contribution in [-0.4, -0.2) is 36.0 Å². The molecule has 1 unspecified atom stereocenters. The maximum absolute atomic E-state index is 13.8. The Morgan fingerprint density at radius 3 is 2.50 bits per heavy atom. The third-order valence-electron chi connectivity index (χ3n) is 6.09. The summed E-state index contributed by atoms with van der Waals surface area (Å²) in [5, 5.41) is 11.6. The van der Waals surface area contributed by atoms with Crippen LogP contribution >= 0.6 is 11.3 Å². The Morgan fingerprint density at radius 1 is 1.03 bits per heavy atom. The lowest BCUT2D eigenvalue weighted by Gasteiger charge is -2.23. The summed E-state index contributed by atoms with van der Waals surface area (Å²) in [6.07, 6.45) is 0. The number of benzene rings is 3. The molecule has 36 heavy (non-hydrogen) atoms. The highest BCUT2D eigenvalue weighted by atomic mass is 32.1. The lowest BCUT2D eigenvalue weighted by Crippen LogP contribution is -2.29. The number of nitrogens with zero attached hydrogens (tertiary/aromatic N) is 2. The van der Waals surface area contributed by atoms with Gasteiger partial charge in [-0.05, 0) is 66.6 Å². The Hall–Kier alpha value is -4.24. The molecule has 2 heterocycles. The van der Waals surface area contributed by atoms with Crippen LogP contribution in [0.1, 0.15) is 22.7 Å². The Balaban J connectivity index is 1.74. The van der Waals surface area contributed by atoms with Gasteiger partial charge in [0.1, 0.15) is 23.1 Å². The zero-order valence-electron chi connectivity index (χ0n) is 19.6. The van der Waals surface area contributed by atoms with Crippen LogP contribution in [-0.2, 0) is 9.59 Å². The third-order valence-corrected chi connectivity index (χ3v) is 7.11. The molecular weight excluding hydrogens is 483 g/mol. The van der Waals surface area contributed by atoms with Crippen molar-refractivity contribution in [2.45, 2.75) is 13.0 Å². The van der Waals surface area contributed by atoms with Crippen molar-refractivity contribution in [3.8, 4) is 11.5 Å². The Labute approximate surface area is 210 Å². The molecule has 1 N–H and O–H groups in total. The van der Waals surface area contributed by atoms with E-state index in [2.05, 4.69) is 4.98 Å². The molecule has 7 nitrogen and oxygen atoms in total. The van der Waals surface area contributed by atoms with E-state index in [1.165, 1.54) is 37.3 Å². The molecular formula is C27H21FN2O5S. The van der Waals surface area contributed by atoms with Gasteiger partial charge in [-0.3, -0.25) is 14.5 Å². The molecule has 4 aromatic rings. The summed E-state index contributed by atoms with van der Waals surface area (Å²) in [5.74, 6) is -1.31. The second kappa shape index (κ2) is 9.09. The Morgan fingerprint density at radius 2 is 1.78 bits per heavy atom. The van der Waals surface area contributed by atoms with Crippen LogP contribution in [0, 0.1) is 12.7 Å². The van der Waals surface area contributed by atoms with Crippen molar-refractivity contribution in [2.24, 2.45) is 0 Å². The Bertz CT molecular complexity index is 1560. The first-order valence-corrected chi connectivity index (χ1v) is 11.8. The number of aryl methyl sites for hydroxylation is 1. The molecule has 3 aromatic carbocycles. The van der Waals surface area contributed by atoms with Gasteiger partial charge in [0.25, 0.3) is 5.78 Å². The van der Waals surface area contributed by atoms with Crippen molar-refractivity contribution in [3.05, 3.63) is 88.7 Å². The summed E-state index contributed by atoms with van der Waals surface area (Å²) in [4.78, 5) is 32.5. The molecule has 1 amide bonds. The quantitative estimate of drug-likeness (QED) is 0.223. The molecule has 0 radical (unpaired) electrons. The lowest BCUT2D eigenvalue weighted by molar-refractivity contribution is -0.132. The van der Waals surface area contributed by atoms with E-state index in [4.69, 9.17) is 9.47 Å². The second-order valence-corrected chi connectivity index (χ2v) is 9.24. The number of hydrogen-bond donors (Lipinski definition) is 1. The average Bonchev–Trinajstić information content (AvgIpc) is 3.41. The standard InChI is InChI=1S/C27H21FN2O5S/c1-14-11-18(35-3)8-9-19(14)24(31)22-23(15-5-4-6-17(12-15)34-2)30(26(33)25(22)32)27-29-20-10-7-16(28)13-21(20)36-27/h4-13,23,31H,1-3H3/b24-22+. The molecule has 1 atom stereocenters. The van der Waals surface area contributed by atoms with Gasteiger partial charge in [0.2, 0.25) is 0 Å². The van der Waals surface area contributed by atoms with Crippen LogP contribution in [0.3, 0.4) is 0 Å². The van der Waals surface area contributed by atoms with Crippen LogP contribution in [0.15, 0.2) is 66.2 Å². The van der Waals surface area contributed by atoms with Crippen molar-refractivity contribution in [1.29, 1.82) is 0 Å². The van der Waals surface area contributed by atoms with E-state index in [1.807, 2.05) is 0 Å². The number of amides is 1. The molecule has 0 spiro atoms. The topological polar surface area (TPSA) is 89.0 Å². The van der Waals surface area contributed by atoms with Crippen molar-refractivity contribution in [1.82, 2.24) is 4.98 Å². The van der Waals surface area contributed by atoms with Crippen molar-refractivity contribution in [2.75, 3.05) is 19.1 Å². The maximum atomic E-state index is 13.8. The highest BCUT2D eigenvalue weighted by Gasteiger charge is 2.48. The van der Waals surface area contributed by atoms with Gasteiger partial charge in [-0.1, -0.05) is 23.5 Å². The number of thiazole rings is 1. The number of aliphatic hydroxyl groups excluding tert-OH is 1. The van der Waals surface area contributed by atoms with Crippen LogP contribution < -0.4 is 14.4 Å². The number of anilines is 1. The third kappa shape index (κ3) is 3.87. The summed E-state index contributed by atoms with van der Waals surface area (Å²) < 4.78 is 25.0. The SMILES string of the molecule is COc1cccc(C2/C(=C(\O)c3ccc(OC)cc3C)C(=O)C(=O)N2c2nc3ccc(F)cc3s2)c1. The fourth-order valence-corrected chi connectivity index (χ4v) is 5.34.